The molecule has 0 aliphatic heterocycles. The van der Waals surface area contributed by atoms with Crippen LogP contribution < -0.4 is 5.32 Å². The number of carboxylic acids is 1. The Hall–Kier alpha value is -2.18. The lowest BCUT2D eigenvalue weighted by molar-refractivity contribution is -0.139. The van der Waals surface area contributed by atoms with Gasteiger partial charge in [-0.05, 0) is 30.8 Å². The fourth-order valence-electron chi connectivity index (χ4n) is 2.27. The van der Waals surface area contributed by atoms with Crippen LogP contribution in [0.25, 0.3) is 10.9 Å². The Labute approximate surface area is 122 Å². The molecule has 2 rings (SSSR count). The first-order valence-electron chi connectivity index (χ1n) is 6.59. The topological polar surface area (TPSA) is 91.4 Å². The molecule has 0 fully saturated rings. The summed E-state index contributed by atoms with van der Waals surface area (Å²) >= 11 is 0. The Balaban J connectivity index is 2.34. The first-order valence-corrected chi connectivity index (χ1v) is 6.59. The van der Waals surface area contributed by atoms with Crippen LogP contribution in [0.5, 0.6) is 0 Å². The Morgan fingerprint density at radius 2 is 2.19 bits per heavy atom. The van der Waals surface area contributed by atoms with Crippen molar-refractivity contribution < 1.29 is 19.4 Å². The average molecular weight is 290 g/mol. The normalized spacial score (nSPS) is 12.5. The number of ketones is 1. The second-order valence-electron chi connectivity index (χ2n) is 4.81. The Bertz CT molecular complexity index is 663. The third-order valence-electron chi connectivity index (χ3n) is 3.44. The third-order valence-corrected chi connectivity index (χ3v) is 3.44. The van der Waals surface area contributed by atoms with Crippen LogP contribution in [-0.2, 0) is 16.0 Å². The van der Waals surface area contributed by atoms with Crippen LogP contribution in [0, 0.1) is 0 Å². The van der Waals surface area contributed by atoms with E-state index in [-0.39, 0.29) is 12.4 Å². The number of likely N-dealkylation sites (N-methyl/N-ethyl adjacent to an activating group) is 1. The molecule has 0 saturated heterocycles. The van der Waals surface area contributed by atoms with E-state index in [9.17, 15) is 9.59 Å². The predicted octanol–water partition coefficient (Wildman–Crippen LogP) is 1.21. The quantitative estimate of drug-likeness (QED) is 0.667. The highest BCUT2D eigenvalue weighted by Gasteiger charge is 2.18. The van der Waals surface area contributed by atoms with E-state index in [1.54, 1.807) is 25.4 Å². The number of benzene rings is 1. The summed E-state index contributed by atoms with van der Waals surface area (Å²) in [4.78, 5) is 26.1. The number of rotatable bonds is 7. The first-order chi connectivity index (χ1) is 10.1. The second-order valence-corrected chi connectivity index (χ2v) is 4.81. The summed E-state index contributed by atoms with van der Waals surface area (Å²) in [5, 5.41) is 12.7. The number of carboxylic acid groups (broad SMARTS) is 1. The van der Waals surface area contributed by atoms with Crippen LogP contribution in [0.2, 0.25) is 0 Å². The standard InChI is InChI=1S/C15H18N2O4/c1-16-13(15(19)20)6-10-7-17-12-4-3-9(5-11(10)12)14(18)8-21-2/h3-5,7,13,16-17H,6,8H2,1-2H3,(H,19,20)/t13-/m0/s1. The highest BCUT2D eigenvalue weighted by Crippen LogP contribution is 2.21. The van der Waals surface area contributed by atoms with Crippen molar-refractivity contribution in [2.75, 3.05) is 20.8 Å². The average Bonchev–Trinajstić information content (AvgIpc) is 2.86. The second kappa shape index (κ2) is 6.51. The molecule has 6 nitrogen and oxygen atoms in total. The third kappa shape index (κ3) is 3.29. The van der Waals surface area contributed by atoms with Crippen LogP contribution in [0.1, 0.15) is 15.9 Å². The molecule has 0 amide bonds. The lowest BCUT2D eigenvalue weighted by Gasteiger charge is -2.10. The number of H-pyrrole nitrogens is 1. The molecule has 0 unspecified atom stereocenters. The maximum atomic E-state index is 11.9. The van der Waals surface area contributed by atoms with E-state index in [0.717, 1.165) is 16.5 Å². The zero-order valence-electron chi connectivity index (χ0n) is 12.0. The molecule has 0 aliphatic rings. The van der Waals surface area contributed by atoms with Gasteiger partial charge in [-0.3, -0.25) is 9.59 Å². The van der Waals surface area contributed by atoms with E-state index in [2.05, 4.69) is 10.3 Å². The first kappa shape index (κ1) is 15.2. The summed E-state index contributed by atoms with van der Waals surface area (Å²) in [7, 11) is 3.09. The van der Waals surface area contributed by atoms with Crippen LogP contribution in [0.15, 0.2) is 24.4 Å². The molecule has 1 aromatic carbocycles. The minimum atomic E-state index is -0.904. The number of carbonyl (C=O) groups is 2. The highest BCUT2D eigenvalue weighted by atomic mass is 16.5. The number of aliphatic carboxylic acids is 1. The number of ether oxygens (including phenoxy) is 1. The van der Waals surface area contributed by atoms with Crippen LogP contribution >= 0.6 is 0 Å². The summed E-state index contributed by atoms with van der Waals surface area (Å²) in [6.45, 7) is 0.0273. The molecule has 3 N–H and O–H groups in total. The molecule has 1 atom stereocenters. The van der Waals surface area contributed by atoms with Gasteiger partial charge >= 0.3 is 5.97 Å². The summed E-state index contributed by atoms with van der Waals surface area (Å²) in [5.74, 6) is -1.01. The number of hydrogen-bond acceptors (Lipinski definition) is 4. The lowest BCUT2D eigenvalue weighted by atomic mass is 10.0. The minimum Gasteiger partial charge on any atom is -0.480 e. The number of fused-ring (bicyclic) bond motifs is 1. The Morgan fingerprint density at radius 1 is 1.43 bits per heavy atom. The number of Topliss-reactive ketones (excluding diaryl/α,β-unsaturated/α-hetero) is 1. The van der Waals surface area contributed by atoms with Crippen molar-refractivity contribution in [3.8, 4) is 0 Å². The molecule has 21 heavy (non-hydrogen) atoms. The maximum Gasteiger partial charge on any atom is 0.321 e. The molecule has 1 aromatic heterocycles. The van der Waals surface area contributed by atoms with E-state index in [1.165, 1.54) is 7.11 Å². The largest absolute Gasteiger partial charge is 0.480 e. The molecular formula is C15H18N2O4. The summed E-state index contributed by atoms with van der Waals surface area (Å²) < 4.78 is 4.85. The van der Waals surface area contributed by atoms with Crippen LogP contribution in [0.4, 0.5) is 0 Å². The summed E-state index contributed by atoms with van der Waals surface area (Å²) in [5.41, 5.74) is 2.29. The Kier molecular flexibility index (Phi) is 4.72. The number of hydrogen-bond donors (Lipinski definition) is 3. The van der Waals surface area contributed by atoms with Gasteiger partial charge in [0.25, 0.3) is 0 Å². The highest BCUT2D eigenvalue weighted by molar-refractivity contribution is 6.01. The maximum absolute atomic E-state index is 11.9. The molecule has 2 aromatic rings. The van der Waals surface area contributed by atoms with Crippen molar-refractivity contribution in [2.45, 2.75) is 12.5 Å². The van der Waals surface area contributed by atoms with Crippen LogP contribution in [0.3, 0.4) is 0 Å². The fourth-order valence-corrected chi connectivity index (χ4v) is 2.27. The molecule has 1 heterocycles. The van der Waals surface area contributed by atoms with Gasteiger partial charge in [0.15, 0.2) is 5.78 Å². The minimum absolute atomic E-state index is 0.0273. The fraction of sp³-hybridized carbons (Fsp3) is 0.333. The smallest absolute Gasteiger partial charge is 0.321 e. The van der Waals surface area contributed by atoms with E-state index in [1.807, 2.05) is 6.07 Å². The predicted molar refractivity (Wildman–Crippen MR) is 78.7 cm³/mol. The van der Waals surface area contributed by atoms with Crippen molar-refractivity contribution in [1.29, 1.82) is 0 Å². The number of aromatic amines is 1. The molecule has 112 valence electrons. The van der Waals surface area contributed by atoms with E-state index < -0.39 is 12.0 Å². The van der Waals surface area contributed by atoms with Gasteiger partial charge in [-0.1, -0.05) is 0 Å². The van der Waals surface area contributed by atoms with Gasteiger partial charge in [-0.2, -0.15) is 0 Å². The number of carbonyl (C=O) groups excluding carboxylic acids is 1. The molecule has 0 saturated carbocycles. The van der Waals surface area contributed by atoms with Crippen LogP contribution in [-0.4, -0.2) is 48.6 Å². The molecule has 0 bridgehead atoms. The number of nitrogens with one attached hydrogen (secondary N) is 2. The zero-order chi connectivity index (χ0) is 15.4. The van der Waals surface area contributed by atoms with Gasteiger partial charge in [0, 0.05) is 36.2 Å². The van der Waals surface area contributed by atoms with Crippen molar-refractivity contribution in [3.63, 3.8) is 0 Å². The van der Waals surface area contributed by atoms with Gasteiger partial charge in [-0.15, -0.1) is 0 Å². The van der Waals surface area contributed by atoms with Crippen molar-refractivity contribution >= 4 is 22.7 Å². The monoisotopic (exact) mass is 290 g/mol. The summed E-state index contributed by atoms with van der Waals surface area (Å²) in [6.07, 6.45) is 2.12. The van der Waals surface area contributed by atoms with Gasteiger partial charge in [0.05, 0.1) is 0 Å². The zero-order valence-corrected chi connectivity index (χ0v) is 12.0. The van der Waals surface area contributed by atoms with Gasteiger partial charge in [0.1, 0.15) is 12.6 Å². The SMILES string of the molecule is CN[C@@H](Cc1c[nH]c2ccc(C(=O)COC)cc12)C(=O)O. The van der Waals surface area contributed by atoms with E-state index in [0.29, 0.717) is 12.0 Å². The molecule has 0 aliphatic carbocycles. The molecule has 0 spiro atoms. The molecular weight excluding hydrogens is 272 g/mol. The lowest BCUT2D eigenvalue weighted by Crippen LogP contribution is -2.35. The molecule has 0 radical (unpaired) electrons. The summed E-state index contributed by atoms with van der Waals surface area (Å²) in [6, 6.07) is 4.66. The van der Waals surface area contributed by atoms with E-state index >= 15 is 0 Å². The number of methoxy groups -OCH3 is 1. The van der Waals surface area contributed by atoms with Crippen molar-refractivity contribution in [2.24, 2.45) is 0 Å². The molecule has 6 heteroatoms. The van der Waals surface area contributed by atoms with Crippen molar-refractivity contribution in [1.82, 2.24) is 10.3 Å². The van der Waals surface area contributed by atoms with Crippen molar-refractivity contribution in [3.05, 3.63) is 35.5 Å². The van der Waals surface area contributed by atoms with Gasteiger partial charge in [-0.25, -0.2) is 0 Å². The van der Waals surface area contributed by atoms with Gasteiger partial charge < -0.3 is 20.1 Å². The van der Waals surface area contributed by atoms with E-state index in [4.69, 9.17) is 9.84 Å². The van der Waals surface area contributed by atoms with Gasteiger partial charge in [0.2, 0.25) is 0 Å². The number of aromatic nitrogens is 1. The Morgan fingerprint density at radius 3 is 2.81 bits per heavy atom.